The molecular formula is C15H22N2O4. The summed E-state index contributed by atoms with van der Waals surface area (Å²) in [5, 5.41) is 0. The smallest absolute Gasteiger partial charge is 0.330 e. The molecule has 0 unspecified atom stereocenters. The van der Waals surface area contributed by atoms with Crippen LogP contribution in [-0.4, -0.2) is 21.7 Å². The van der Waals surface area contributed by atoms with Crippen molar-refractivity contribution in [1.29, 1.82) is 0 Å². The Bertz CT molecular complexity index is 626. The second-order valence-corrected chi connectivity index (χ2v) is 4.56. The molecule has 116 valence electrons. The molecule has 6 heteroatoms. The topological polar surface area (TPSA) is 70.3 Å². The fourth-order valence-electron chi connectivity index (χ4n) is 1.82. The molecule has 1 heterocycles. The second kappa shape index (κ2) is 8.24. The first-order valence-corrected chi connectivity index (χ1v) is 7.24. The van der Waals surface area contributed by atoms with Gasteiger partial charge in [0.05, 0.1) is 12.2 Å². The molecule has 0 saturated heterocycles. The van der Waals surface area contributed by atoms with Crippen LogP contribution in [0.4, 0.5) is 0 Å². The number of hydrogen-bond donors (Lipinski definition) is 0. The van der Waals surface area contributed by atoms with Crippen LogP contribution in [0.3, 0.4) is 0 Å². The van der Waals surface area contributed by atoms with Gasteiger partial charge in [0.15, 0.2) is 0 Å². The van der Waals surface area contributed by atoms with Crippen molar-refractivity contribution in [3.63, 3.8) is 0 Å². The third-order valence-electron chi connectivity index (χ3n) is 3.06. The fraction of sp³-hybridized carbons (Fsp3) is 0.533. The molecule has 1 aromatic rings. The molecular weight excluding hydrogens is 272 g/mol. The Hall–Kier alpha value is -2.11. The summed E-state index contributed by atoms with van der Waals surface area (Å²) < 4.78 is 7.56. The van der Waals surface area contributed by atoms with Crippen LogP contribution in [0.5, 0.6) is 0 Å². The van der Waals surface area contributed by atoms with Crippen molar-refractivity contribution in [3.05, 3.63) is 38.7 Å². The Kier molecular flexibility index (Phi) is 6.65. The first kappa shape index (κ1) is 16.9. The van der Waals surface area contributed by atoms with E-state index in [1.165, 1.54) is 22.9 Å². The summed E-state index contributed by atoms with van der Waals surface area (Å²) >= 11 is 0. The van der Waals surface area contributed by atoms with Gasteiger partial charge in [-0.15, -0.1) is 0 Å². The van der Waals surface area contributed by atoms with E-state index < -0.39 is 11.5 Å². The number of aromatic nitrogens is 2. The van der Waals surface area contributed by atoms with Crippen molar-refractivity contribution in [2.24, 2.45) is 0 Å². The standard InChI is InChI=1S/C15H22N2O4/c1-4-7-10-21-13(18)9-8-12-11-16(5-2)15(20)17(6-3)14(12)19/h8-9,11H,4-7,10H2,1-3H3/b9-8+. The number of carbonyl (C=O) groups excluding carboxylic acids is 1. The predicted octanol–water partition coefficient (Wildman–Crippen LogP) is 1.41. The molecule has 6 nitrogen and oxygen atoms in total. The molecule has 0 radical (unpaired) electrons. The molecule has 0 aliphatic heterocycles. The average molecular weight is 294 g/mol. The van der Waals surface area contributed by atoms with Gasteiger partial charge in [0.25, 0.3) is 5.56 Å². The van der Waals surface area contributed by atoms with Gasteiger partial charge in [-0.1, -0.05) is 13.3 Å². The summed E-state index contributed by atoms with van der Waals surface area (Å²) in [6, 6.07) is 0. The van der Waals surface area contributed by atoms with Gasteiger partial charge in [0.2, 0.25) is 0 Å². The lowest BCUT2D eigenvalue weighted by atomic mass is 10.3. The van der Waals surface area contributed by atoms with Gasteiger partial charge in [-0.3, -0.25) is 9.36 Å². The zero-order valence-electron chi connectivity index (χ0n) is 12.8. The lowest BCUT2D eigenvalue weighted by Crippen LogP contribution is -2.40. The van der Waals surface area contributed by atoms with Crippen molar-refractivity contribution < 1.29 is 9.53 Å². The zero-order valence-corrected chi connectivity index (χ0v) is 12.8. The largest absolute Gasteiger partial charge is 0.463 e. The zero-order chi connectivity index (χ0) is 15.8. The van der Waals surface area contributed by atoms with Crippen molar-refractivity contribution in [2.75, 3.05) is 6.61 Å². The van der Waals surface area contributed by atoms with Gasteiger partial charge in [-0.25, -0.2) is 9.59 Å². The van der Waals surface area contributed by atoms with E-state index in [4.69, 9.17) is 4.74 Å². The summed E-state index contributed by atoms with van der Waals surface area (Å²) in [5.74, 6) is -0.486. The van der Waals surface area contributed by atoms with Crippen LogP contribution >= 0.6 is 0 Å². The van der Waals surface area contributed by atoms with Gasteiger partial charge < -0.3 is 9.30 Å². The SMILES string of the molecule is CCCCOC(=O)/C=C/c1cn(CC)c(=O)n(CC)c1=O. The number of ether oxygens (including phenoxy) is 1. The van der Waals surface area contributed by atoms with Crippen LogP contribution in [0.1, 0.15) is 39.2 Å². The maximum Gasteiger partial charge on any atom is 0.330 e. The normalized spacial score (nSPS) is 11.0. The van der Waals surface area contributed by atoms with Crippen molar-refractivity contribution in [1.82, 2.24) is 9.13 Å². The monoisotopic (exact) mass is 294 g/mol. The Labute approximate surface area is 123 Å². The molecule has 0 bridgehead atoms. The molecule has 0 aromatic carbocycles. The van der Waals surface area contributed by atoms with E-state index in [9.17, 15) is 14.4 Å². The summed E-state index contributed by atoms with van der Waals surface area (Å²) in [6.45, 7) is 6.67. The summed E-state index contributed by atoms with van der Waals surface area (Å²) in [5.41, 5.74) is -0.441. The molecule has 21 heavy (non-hydrogen) atoms. The molecule has 0 spiro atoms. The minimum Gasteiger partial charge on any atom is -0.463 e. The van der Waals surface area contributed by atoms with Crippen LogP contribution in [0.2, 0.25) is 0 Å². The average Bonchev–Trinajstić information content (AvgIpc) is 2.47. The van der Waals surface area contributed by atoms with E-state index >= 15 is 0 Å². The van der Waals surface area contributed by atoms with Crippen LogP contribution < -0.4 is 11.2 Å². The van der Waals surface area contributed by atoms with Crippen molar-refractivity contribution >= 4 is 12.0 Å². The Morgan fingerprint density at radius 3 is 2.52 bits per heavy atom. The minimum atomic E-state index is -0.486. The van der Waals surface area contributed by atoms with E-state index in [1.54, 1.807) is 6.92 Å². The molecule has 1 rings (SSSR count). The maximum atomic E-state index is 12.1. The van der Waals surface area contributed by atoms with E-state index in [0.29, 0.717) is 25.3 Å². The number of nitrogens with zero attached hydrogens (tertiary/aromatic N) is 2. The van der Waals surface area contributed by atoms with Gasteiger partial charge in [-0.2, -0.15) is 0 Å². The number of aryl methyl sites for hydroxylation is 1. The quantitative estimate of drug-likeness (QED) is 0.433. The van der Waals surface area contributed by atoms with E-state index in [2.05, 4.69) is 0 Å². The first-order chi connectivity index (χ1) is 10.0. The van der Waals surface area contributed by atoms with Crippen molar-refractivity contribution in [2.45, 2.75) is 46.7 Å². The van der Waals surface area contributed by atoms with Gasteiger partial charge in [0, 0.05) is 25.4 Å². The first-order valence-electron chi connectivity index (χ1n) is 7.24. The summed E-state index contributed by atoms with van der Waals surface area (Å²) in [4.78, 5) is 35.5. The molecule has 1 aromatic heterocycles. The molecule has 0 fully saturated rings. The fourth-order valence-corrected chi connectivity index (χ4v) is 1.82. The van der Waals surface area contributed by atoms with Gasteiger partial charge in [0.1, 0.15) is 0 Å². The molecule has 0 atom stereocenters. The highest BCUT2D eigenvalue weighted by atomic mass is 16.5. The van der Waals surface area contributed by atoms with Crippen LogP contribution in [0.25, 0.3) is 6.08 Å². The minimum absolute atomic E-state index is 0.292. The third-order valence-corrected chi connectivity index (χ3v) is 3.06. The highest BCUT2D eigenvalue weighted by Gasteiger charge is 2.08. The molecule has 0 aliphatic carbocycles. The molecule has 0 N–H and O–H groups in total. The molecule has 0 saturated carbocycles. The number of hydrogen-bond acceptors (Lipinski definition) is 4. The Morgan fingerprint density at radius 2 is 1.95 bits per heavy atom. The van der Waals surface area contributed by atoms with Crippen LogP contribution in [0.15, 0.2) is 21.9 Å². The molecule has 0 amide bonds. The number of unbranched alkanes of at least 4 members (excludes halogenated alkanes) is 1. The number of esters is 1. The van der Waals surface area contributed by atoms with E-state index in [-0.39, 0.29) is 5.69 Å². The van der Waals surface area contributed by atoms with Crippen molar-refractivity contribution in [3.8, 4) is 0 Å². The third kappa shape index (κ3) is 4.44. The predicted molar refractivity (Wildman–Crippen MR) is 81.2 cm³/mol. The lowest BCUT2D eigenvalue weighted by molar-refractivity contribution is -0.137. The van der Waals surface area contributed by atoms with Crippen LogP contribution in [-0.2, 0) is 22.6 Å². The van der Waals surface area contributed by atoms with Crippen LogP contribution in [0, 0.1) is 0 Å². The van der Waals surface area contributed by atoms with Gasteiger partial charge in [-0.05, 0) is 26.3 Å². The Morgan fingerprint density at radius 1 is 1.24 bits per heavy atom. The second-order valence-electron chi connectivity index (χ2n) is 4.56. The summed E-state index contributed by atoms with van der Waals surface area (Å²) in [7, 11) is 0. The lowest BCUT2D eigenvalue weighted by Gasteiger charge is -2.08. The molecule has 0 aliphatic rings. The van der Waals surface area contributed by atoms with E-state index in [1.807, 2.05) is 13.8 Å². The number of carbonyl (C=O) groups is 1. The van der Waals surface area contributed by atoms with Gasteiger partial charge >= 0.3 is 11.7 Å². The highest BCUT2D eigenvalue weighted by Crippen LogP contribution is 1.96. The van der Waals surface area contributed by atoms with E-state index in [0.717, 1.165) is 17.4 Å². The highest BCUT2D eigenvalue weighted by molar-refractivity contribution is 5.86. The Balaban J connectivity index is 3.01. The maximum absolute atomic E-state index is 12.1. The number of rotatable bonds is 7. The summed E-state index contributed by atoms with van der Waals surface area (Å²) in [6.07, 6.45) is 5.83.